The van der Waals surface area contributed by atoms with Gasteiger partial charge in [0, 0.05) is 38.5 Å². The van der Waals surface area contributed by atoms with Gasteiger partial charge >= 0.3 is 0 Å². The number of carbonyl (C=O) groups is 1. The van der Waals surface area contributed by atoms with E-state index in [2.05, 4.69) is 10.3 Å². The molecule has 27 heavy (non-hydrogen) atoms. The summed E-state index contributed by atoms with van der Waals surface area (Å²) in [5, 5.41) is 2.84. The van der Waals surface area contributed by atoms with E-state index in [1.54, 1.807) is 25.4 Å². The Morgan fingerprint density at radius 3 is 2.81 bits per heavy atom. The molecule has 0 spiro atoms. The summed E-state index contributed by atoms with van der Waals surface area (Å²) < 4.78 is 21.4. The molecule has 3 heterocycles. The molecule has 1 aromatic carbocycles. The van der Waals surface area contributed by atoms with Crippen LogP contribution in [0.5, 0.6) is 0 Å². The Kier molecular flexibility index (Phi) is 4.49. The molecule has 0 saturated carbocycles. The Bertz CT molecular complexity index is 1050. The number of fused-ring (bicyclic) bond motifs is 1. The second-order valence-corrected chi connectivity index (χ2v) is 6.68. The summed E-state index contributed by atoms with van der Waals surface area (Å²) in [4.78, 5) is 29.2. The lowest BCUT2D eigenvalue weighted by Crippen LogP contribution is -2.29. The van der Waals surface area contributed by atoms with Crippen molar-refractivity contribution in [2.45, 2.75) is 6.42 Å². The molecule has 8 heteroatoms. The molecule has 0 unspecified atom stereocenters. The fourth-order valence-corrected chi connectivity index (χ4v) is 3.20. The SMILES string of the molecule is Cn1c(-c2ccc(F)cc2)cn2cc(C(=O)NC[C@H]3CCOC3)nc2c1=O. The number of hydrogen-bond donors (Lipinski definition) is 1. The number of amides is 1. The molecule has 2 aromatic heterocycles. The molecule has 3 aromatic rings. The molecule has 0 aliphatic carbocycles. The van der Waals surface area contributed by atoms with Crippen LogP contribution in [0.25, 0.3) is 16.9 Å². The minimum atomic E-state index is -0.348. The lowest BCUT2D eigenvalue weighted by molar-refractivity contribution is 0.0940. The van der Waals surface area contributed by atoms with E-state index < -0.39 is 0 Å². The van der Waals surface area contributed by atoms with Gasteiger partial charge in [0.1, 0.15) is 11.5 Å². The third kappa shape index (κ3) is 3.35. The van der Waals surface area contributed by atoms with Crippen LogP contribution in [-0.4, -0.2) is 39.6 Å². The van der Waals surface area contributed by atoms with E-state index in [0.29, 0.717) is 30.3 Å². The van der Waals surface area contributed by atoms with Gasteiger partial charge in [0.2, 0.25) is 5.65 Å². The zero-order valence-corrected chi connectivity index (χ0v) is 14.8. The number of nitrogens with zero attached hydrogens (tertiary/aromatic N) is 3. The fraction of sp³-hybridized carbons (Fsp3) is 0.316. The molecule has 1 saturated heterocycles. The summed E-state index contributed by atoms with van der Waals surface area (Å²) in [6.45, 7) is 1.88. The van der Waals surface area contributed by atoms with Gasteiger partial charge in [0.05, 0.1) is 12.3 Å². The highest BCUT2D eigenvalue weighted by atomic mass is 19.1. The summed E-state index contributed by atoms with van der Waals surface area (Å²) in [6, 6.07) is 5.88. The van der Waals surface area contributed by atoms with Crippen LogP contribution >= 0.6 is 0 Å². The van der Waals surface area contributed by atoms with E-state index in [4.69, 9.17) is 4.74 Å². The van der Waals surface area contributed by atoms with E-state index in [-0.39, 0.29) is 28.6 Å². The van der Waals surface area contributed by atoms with Crippen molar-refractivity contribution in [2.75, 3.05) is 19.8 Å². The maximum absolute atomic E-state index is 13.2. The lowest BCUT2D eigenvalue weighted by Gasteiger charge is -2.09. The van der Waals surface area contributed by atoms with Gasteiger partial charge in [-0.25, -0.2) is 9.37 Å². The molecule has 4 rings (SSSR count). The van der Waals surface area contributed by atoms with Crippen LogP contribution in [0.15, 0.2) is 41.5 Å². The monoisotopic (exact) mass is 370 g/mol. The average molecular weight is 370 g/mol. The Morgan fingerprint density at radius 1 is 1.33 bits per heavy atom. The first-order valence-corrected chi connectivity index (χ1v) is 8.73. The summed E-state index contributed by atoms with van der Waals surface area (Å²) >= 11 is 0. The second kappa shape index (κ2) is 6.96. The number of imidazole rings is 1. The Hall–Kier alpha value is -3.00. The van der Waals surface area contributed by atoms with Crippen molar-refractivity contribution in [3.05, 3.63) is 58.5 Å². The zero-order valence-electron chi connectivity index (χ0n) is 14.8. The summed E-state index contributed by atoms with van der Waals surface area (Å²) in [7, 11) is 1.62. The van der Waals surface area contributed by atoms with Crippen molar-refractivity contribution in [3.63, 3.8) is 0 Å². The van der Waals surface area contributed by atoms with E-state index in [9.17, 15) is 14.0 Å². The van der Waals surface area contributed by atoms with Crippen molar-refractivity contribution in [3.8, 4) is 11.3 Å². The molecule has 0 bridgehead atoms. The molecule has 1 aliphatic rings. The average Bonchev–Trinajstić information content (AvgIpc) is 3.33. The zero-order chi connectivity index (χ0) is 19.0. The van der Waals surface area contributed by atoms with E-state index in [1.165, 1.54) is 27.3 Å². The number of carbonyl (C=O) groups excluding carboxylic acids is 1. The molecular weight excluding hydrogens is 351 g/mol. The van der Waals surface area contributed by atoms with Gasteiger partial charge in [0.25, 0.3) is 11.5 Å². The van der Waals surface area contributed by atoms with E-state index in [0.717, 1.165) is 13.0 Å². The summed E-state index contributed by atoms with van der Waals surface area (Å²) in [6.07, 6.45) is 4.16. The number of halogens is 1. The van der Waals surface area contributed by atoms with Gasteiger partial charge < -0.3 is 14.6 Å². The second-order valence-electron chi connectivity index (χ2n) is 6.68. The van der Waals surface area contributed by atoms with Gasteiger partial charge in [-0.05, 0) is 36.2 Å². The number of rotatable bonds is 4. The first-order valence-electron chi connectivity index (χ1n) is 8.73. The van der Waals surface area contributed by atoms with Crippen LogP contribution in [0.2, 0.25) is 0 Å². The highest BCUT2D eigenvalue weighted by Crippen LogP contribution is 2.18. The number of aromatic nitrogens is 3. The van der Waals surface area contributed by atoms with E-state index >= 15 is 0 Å². The van der Waals surface area contributed by atoms with Gasteiger partial charge in [-0.2, -0.15) is 0 Å². The number of hydrogen-bond acceptors (Lipinski definition) is 4. The van der Waals surface area contributed by atoms with Gasteiger partial charge in [-0.3, -0.25) is 14.0 Å². The molecule has 1 aliphatic heterocycles. The minimum absolute atomic E-state index is 0.165. The number of ether oxygens (including phenoxy) is 1. The minimum Gasteiger partial charge on any atom is -0.381 e. The topological polar surface area (TPSA) is 77.6 Å². The molecular formula is C19H19FN4O3. The third-order valence-electron chi connectivity index (χ3n) is 4.80. The number of benzene rings is 1. The maximum Gasteiger partial charge on any atom is 0.294 e. The van der Waals surface area contributed by atoms with Gasteiger partial charge in [-0.1, -0.05) is 0 Å². The first kappa shape index (κ1) is 17.4. The van der Waals surface area contributed by atoms with Crippen LogP contribution in [0.4, 0.5) is 4.39 Å². The van der Waals surface area contributed by atoms with Crippen molar-refractivity contribution in [2.24, 2.45) is 13.0 Å². The first-order chi connectivity index (χ1) is 13.0. The highest BCUT2D eigenvalue weighted by molar-refractivity contribution is 5.92. The molecule has 0 radical (unpaired) electrons. The predicted molar refractivity (Wildman–Crippen MR) is 97.1 cm³/mol. The number of nitrogens with one attached hydrogen (secondary N) is 1. The van der Waals surface area contributed by atoms with Crippen molar-refractivity contribution < 1.29 is 13.9 Å². The molecule has 1 N–H and O–H groups in total. The predicted octanol–water partition coefficient (Wildman–Crippen LogP) is 1.61. The molecule has 7 nitrogen and oxygen atoms in total. The fourth-order valence-electron chi connectivity index (χ4n) is 3.20. The highest BCUT2D eigenvalue weighted by Gasteiger charge is 2.19. The molecule has 1 fully saturated rings. The van der Waals surface area contributed by atoms with Crippen LogP contribution in [0.1, 0.15) is 16.9 Å². The van der Waals surface area contributed by atoms with Crippen LogP contribution in [0, 0.1) is 11.7 Å². The molecule has 1 atom stereocenters. The van der Waals surface area contributed by atoms with Gasteiger partial charge in [-0.15, -0.1) is 0 Å². The quantitative estimate of drug-likeness (QED) is 0.757. The lowest BCUT2D eigenvalue weighted by atomic mass is 10.1. The maximum atomic E-state index is 13.2. The Morgan fingerprint density at radius 2 is 2.11 bits per heavy atom. The Balaban J connectivity index is 1.65. The summed E-state index contributed by atoms with van der Waals surface area (Å²) in [5.74, 6) is -0.362. The van der Waals surface area contributed by atoms with Crippen LogP contribution < -0.4 is 10.9 Å². The smallest absolute Gasteiger partial charge is 0.294 e. The van der Waals surface area contributed by atoms with Crippen molar-refractivity contribution in [1.29, 1.82) is 0 Å². The van der Waals surface area contributed by atoms with Gasteiger partial charge in [0.15, 0.2) is 0 Å². The normalized spacial score (nSPS) is 16.7. The van der Waals surface area contributed by atoms with Crippen LogP contribution in [0.3, 0.4) is 0 Å². The van der Waals surface area contributed by atoms with Crippen molar-refractivity contribution >= 4 is 11.6 Å². The standard InChI is InChI=1S/C19H19FN4O3/c1-23-16(13-2-4-14(20)5-3-13)10-24-9-15(22-17(24)19(23)26)18(25)21-8-12-6-7-27-11-12/h2-5,9-10,12H,6-8,11H2,1H3,(H,21,25)/t12-/m1/s1. The summed E-state index contributed by atoms with van der Waals surface area (Å²) in [5.41, 5.74) is 1.30. The largest absolute Gasteiger partial charge is 0.381 e. The molecule has 1 amide bonds. The third-order valence-corrected chi connectivity index (χ3v) is 4.80. The van der Waals surface area contributed by atoms with Crippen molar-refractivity contribution in [1.82, 2.24) is 19.3 Å². The van der Waals surface area contributed by atoms with Crippen LogP contribution in [-0.2, 0) is 11.8 Å². The Labute approximate surface area is 154 Å². The molecule has 140 valence electrons. The van der Waals surface area contributed by atoms with E-state index in [1.807, 2.05) is 0 Å².